The van der Waals surface area contributed by atoms with Gasteiger partial charge in [0.05, 0.1) is 18.2 Å². The van der Waals surface area contributed by atoms with Crippen LogP contribution in [0.2, 0.25) is 0 Å². The van der Waals surface area contributed by atoms with E-state index in [-0.39, 0.29) is 12.0 Å². The fourth-order valence-corrected chi connectivity index (χ4v) is 2.56. The zero-order valence-electron chi connectivity index (χ0n) is 13.6. The quantitative estimate of drug-likeness (QED) is 0.870. The lowest BCUT2D eigenvalue weighted by Crippen LogP contribution is -2.34. The summed E-state index contributed by atoms with van der Waals surface area (Å²) in [4.78, 5) is 23.6. The Morgan fingerprint density at radius 2 is 2.05 bits per heavy atom. The standard InChI is InChI=1S/C17H23NO4/c1-5-21-15(19)12-6-8-13-11(10-12)7-9-14(13)18-16(20)22-17(2,3)4/h6,8,10,14H,5,7,9H2,1-4H3,(H,18,20)/t14-/m0/s1. The van der Waals surface area contributed by atoms with Crippen LogP contribution in [0.1, 0.15) is 61.6 Å². The molecule has 0 saturated heterocycles. The summed E-state index contributed by atoms with van der Waals surface area (Å²) in [7, 11) is 0. The lowest BCUT2D eigenvalue weighted by molar-refractivity contribution is 0.0498. The van der Waals surface area contributed by atoms with E-state index in [0.29, 0.717) is 12.2 Å². The molecule has 0 aliphatic heterocycles. The molecule has 0 fully saturated rings. The van der Waals surface area contributed by atoms with Crippen LogP contribution in [0, 0.1) is 0 Å². The maximum Gasteiger partial charge on any atom is 0.408 e. The molecule has 0 heterocycles. The van der Waals surface area contributed by atoms with E-state index in [0.717, 1.165) is 24.0 Å². The molecule has 0 bridgehead atoms. The second-order valence-corrected chi connectivity index (χ2v) is 6.37. The summed E-state index contributed by atoms with van der Waals surface area (Å²) in [5.74, 6) is -0.311. The number of benzene rings is 1. The molecule has 1 amide bonds. The monoisotopic (exact) mass is 305 g/mol. The number of carbonyl (C=O) groups is 2. The lowest BCUT2D eigenvalue weighted by atomic mass is 10.0. The van der Waals surface area contributed by atoms with Crippen molar-refractivity contribution >= 4 is 12.1 Å². The average molecular weight is 305 g/mol. The van der Waals surface area contributed by atoms with E-state index < -0.39 is 11.7 Å². The first-order chi connectivity index (χ1) is 10.3. The van der Waals surface area contributed by atoms with Crippen LogP contribution < -0.4 is 5.32 Å². The van der Waals surface area contributed by atoms with Crippen LogP contribution in [-0.4, -0.2) is 24.3 Å². The fourth-order valence-electron chi connectivity index (χ4n) is 2.56. The van der Waals surface area contributed by atoms with Crippen LogP contribution in [0.5, 0.6) is 0 Å². The summed E-state index contributed by atoms with van der Waals surface area (Å²) in [6.45, 7) is 7.65. The molecule has 0 unspecified atom stereocenters. The van der Waals surface area contributed by atoms with Gasteiger partial charge in [0.1, 0.15) is 5.60 Å². The van der Waals surface area contributed by atoms with Gasteiger partial charge in [0.25, 0.3) is 0 Å². The SMILES string of the molecule is CCOC(=O)c1ccc2c(c1)CC[C@@H]2NC(=O)OC(C)(C)C. The molecule has 1 aliphatic carbocycles. The van der Waals surface area contributed by atoms with Crippen molar-refractivity contribution < 1.29 is 19.1 Å². The molecule has 22 heavy (non-hydrogen) atoms. The van der Waals surface area contributed by atoms with E-state index in [1.54, 1.807) is 13.0 Å². The zero-order chi connectivity index (χ0) is 16.3. The van der Waals surface area contributed by atoms with Crippen molar-refractivity contribution in [2.24, 2.45) is 0 Å². The number of hydrogen-bond acceptors (Lipinski definition) is 4. The number of carbonyl (C=O) groups excluding carboxylic acids is 2. The van der Waals surface area contributed by atoms with Gasteiger partial charge in [-0.15, -0.1) is 0 Å². The Hall–Kier alpha value is -2.04. The van der Waals surface area contributed by atoms with Crippen molar-refractivity contribution in [2.75, 3.05) is 6.61 Å². The van der Waals surface area contributed by atoms with Crippen molar-refractivity contribution in [2.45, 2.75) is 52.2 Å². The smallest absolute Gasteiger partial charge is 0.408 e. The molecular formula is C17H23NO4. The molecule has 1 atom stereocenters. The second kappa shape index (κ2) is 6.38. The average Bonchev–Trinajstić information content (AvgIpc) is 2.79. The van der Waals surface area contributed by atoms with Gasteiger partial charge in [-0.2, -0.15) is 0 Å². The predicted octanol–water partition coefficient (Wildman–Crippen LogP) is 3.38. The van der Waals surface area contributed by atoms with Crippen LogP contribution in [0.15, 0.2) is 18.2 Å². The Labute approximate surface area is 131 Å². The molecule has 0 aromatic heterocycles. The zero-order valence-corrected chi connectivity index (χ0v) is 13.6. The minimum absolute atomic E-state index is 0.0684. The number of hydrogen-bond donors (Lipinski definition) is 1. The van der Waals surface area contributed by atoms with E-state index in [4.69, 9.17) is 9.47 Å². The van der Waals surface area contributed by atoms with Gasteiger partial charge >= 0.3 is 12.1 Å². The molecular weight excluding hydrogens is 282 g/mol. The van der Waals surface area contributed by atoms with Crippen LogP contribution in [0.4, 0.5) is 4.79 Å². The van der Waals surface area contributed by atoms with Gasteiger partial charge < -0.3 is 14.8 Å². The largest absolute Gasteiger partial charge is 0.462 e. The molecule has 0 spiro atoms. The highest BCUT2D eigenvalue weighted by Crippen LogP contribution is 2.32. The van der Waals surface area contributed by atoms with Gasteiger partial charge in [-0.1, -0.05) is 6.07 Å². The Morgan fingerprint density at radius 3 is 2.68 bits per heavy atom. The molecule has 1 aliphatic rings. The molecule has 0 radical (unpaired) electrons. The normalized spacial score (nSPS) is 16.8. The Balaban J connectivity index is 2.07. The van der Waals surface area contributed by atoms with E-state index in [1.165, 1.54) is 0 Å². The van der Waals surface area contributed by atoms with Crippen LogP contribution >= 0.6 is 0 Å². The molecule has 0 saturated carbocycles. The number of rotatable bonds is 3. The summed E-state index contributed by atoms with van der Waals surface area (Å²) in [5.41, 5.74) is 2.16. The maximum atomic E-state index is 11.9. The van der Waals surface area contributed by atoms with E-state index in [1.807, 2.05) is 32.9 Å². The highest BCUT2D eigenvalue weighted by molar-refractivity contribution is 5.89. The number of amides is 1. The van der Waals surface area contributed by atoms with Crippen LogP contribution in [-0.2, 0) is 15.9 Å². The number of ether oxygens (including phenoxy) is 2. The van der Waals surface area contributed by atoms with Crippen molar-refractivity contribution in [1.29, 1.82) is 0 Å². The van der Waals surface area contributed by atoms with Gasteiger partial charge in [0.2, 0.25) is 0 Å². The first kappa shape index (κ1) is 16.3. The highest BCUT2D eigenvalue weighted by Gasteiger charge is 2.27. The van der Waals surface area contributed by atoms with Crippen LogP contribution in [0.25, 0.3) is 0 Å². The molecule has 5 nitrogen and oxygen atoms in total. The molecule has 1 N–H and O–H groups in total. The molecule has 120 valence electrons. The Bertz CT molecular complexity index is 575. The number of nitrogens with one attached hydrogen (secondary N) is 1. The predicted molar refractivity (Wildman–Crippen MR) is 82.8 cm³/mol. The third-order valence-electron chi connectivity index (χ3n) is 3.42. The Morgan fingerprint density at radius 1 is 1.32 bits per heavy atom. The molecule has 1 aromatic rings. The van der Waals surface area contributed by atoms with Gasteiger partial charge in [0.15, 0.2) is 0 Å². The first-order valence-electron chi connectivity index (χ1n) is 7.59. The van der Waals surface area contributed by atoms with E-state index in [2.05, 4.69) is 5.32 Å². The minimum Gasteiger partial charge on any atom is -0.462 e. The summed E-state index contributed by atoms with van der Waals surface area (Å²) >= 11 is 0. The minimum atomic E-state index is -0.515. The second-order valence-electron chi connectivity index (χ2n) is 6.37. The van der Waals surface area contributed by atoms with Crippen molar-refractivity contribution in [1.82, 2.24) is 5.32 Å². The van der Waals surface area contributed by atoms with Crippen LogP contribution in [0.3, 0.4) is 0 Å². The van der Waals surface area contributed by atoms with Crippen molar-refractivity contribution in [3.8, 4) is 0 Å². The van der Waals surface area contributed by atoms with Gasteiger partial charge in [-0.05, 0) is 63.8 Å². The summed E-state index contributed by atoms with van der Waals surface area (Å²) in [5, 5.41) is 2.89. The van der Waals surface area contributed by atoms with Gasteiger partial charge in [-0.25, -0.2) is 9.59 Å². The highest BCUT2D eigenvalue weighted by atomic mass is 16.6. The lowest BCUT2D eigenvalue weighted by Gasteiger charge is -2.22. The number of alkyl carbamates (subject to hydrolysis) is 1. The summed E-state index contributed by atoms with van der Waals surface area (Å²) < 4.78 is 10.3. The summed E-state index contributed by atoms with van der Waals surface area (Å²) in [6.07, 6.45) is 1.21. The molecule has 1 aromatic carbocycles. The van der Waals surface area contributed by atoms with E-state index >= 15 is 0 Å². The third kappa shape index (κ3) is 4.00. The summed E-state index contributed by atoms with van der Waals surface area (Å²) in [6, 6.07) is 5.41. The van der Waals surface area contributed by atoms with E-state index in [9.17, 15) is 9.59 Å². The van der Waals surface area contributed by atoms with Crippen molar-refractivity contribution in [3.63, 3.8) is 0 Å². The van der Waals surface area contributed by atoms with Gasteiger partial charge in [-0.3, -0.25) is 0 Å². The maximum absolute atomic E-state index is 11.9. The topological polar surface area (TPSA) is 64.6 Å². The number of fused-ring (bicyclic) bond motifs is 1. The van der Waals surface area contributed by atoms with Crippen molar-refractivity contribution in [3.05, 3.63) is 34.9 Å². The van der Waals surface area contributed by atoms with Gasteiger partial charge in [0, 0.05) is 0 Å². The third-order valence-corrected chi connectivity index (χ3v) is 3.42. The Kier molecular flexibility index (Phi) is 4.74. The first-order valence-corrected chi connectivity index (χ1v) is 7.59. The molecule has 2 rings (SSSR count). The number of aryl methyl sites for hydroxylation is 1. The number of esters is 1. The molecule has 5 heteroatoms. The fraction of sp³-hybridized carbons (Fsp3) is 0.529.